The van der Waals surface area contributed by atoms with Gasteiger partial charge in [0.15, 0.2) is 0 Å². The maximum absolute atomic E-state index is 11.2. The standard InChI is InChI=1S/C9H16N2O3/c1-2-10-8(14)11-9(7(12)13)5-3-4-6-9/h2-6H2,1H3,(H,12,13)(H2,10,11,14). The van der Waals surface area contributed by atoms with Crippen LogP contribution >= 0.6 is 0 Å². The van der Waals surface area contributed by atoms with Crippen LogP contribution in [0.3, 0.4) is 0 Å². The van der Waals surface area contributed by atoms with Crippen molar-refractivity contribution in [3.8, 4) is 0 Å². The van der Waals surface area contributed by atoms with Crippen LogP contribution in [0.4, 0.5) is 4.79 Å². The summed E-state index contributed by atoms with van der Waals surface area (Å²) in [7, 11) is 0. The smallest absolute Gasteiger partial charge is 0.329 e. The van der Waals surface area contributed by atoms with Gasteiger partial charge >= 0.3 is 12.0 Å². The number of hydrogen-bond donors (Lipinski definition) is 3. The summed E-state index contributed by atoms with van der Waals surface area (Å²) in [6.45, 7) is 2.29. The van der Waals surface area contributed by atoms with E-state index in [-0.39, 0.29) is 0 Å². The summed E-state index contributed by atoms with van der Waals surface area (Å²) < 4.78 is 0. The van der Waals surface area contributed by atoms with Crippen LogP contribution in [0.2, 0.25) is 0 Å². The van der Waals surface area contributed by atoms with Crippen LogP contribution in [0.15, 0.2) is 0 Å². The number of amides is 2. The fourth-order valence-electron chi connectivity index (χ4n) is 1.79. The Bertz CT molecular complexity index is 234. The van der Waals surface area contributed by atoms with E-state index in [0.717, 1.165) is 12.8 Å². The lowest BCUT2D eigenvalue weighted by Crippen LogP contribution is -2.55. The number of carbonyl (C=O) groups is 2. The molecular weight excluding hydrogens is 184 g/mol. The second-order valence-electron chi connectivity index (χ2n) is 3.58. The maximum atomic E-state index is 11.2. The fourth-order valence-corrected chi connectivity index (χ4v) is 1.79. The Morgan fingerprint density at radius 3 is 2.36 bits per heavy atom. The van der Waals surface area contributed by atoms with Gasteiger partial charge in [-0.25, -0.2) is 9.59 Å². The Balaban J connectivity index is 2.60. The Morgan fingerprint density at radius 2 is 1.93 bits per heavy atom. The quantitative estimate of drug-likeness (QED) is 0.627. The van der Waals surface area contributed by atoms with Gasteiger partial charge in [-0.2, -0.15) is 0 Å². The van der Waals surface area contributed by atoms with E-state index in [4.69, 9.17) is 5.11 Å². The number of urea groups is 1. The molecule has 0 bridgehead atoms. The molecule has 1 rings (SSSR count). The van der Waals surface area contributed by atoms with E-state index in [1.54, 1.807) is 6.92 Å². The van der Waals surface area contributed by atoms with Crippen molar-refractivity contribution in [1.82, 2.24) is 10.6 Å². The Labute approximate surface area is 82.9 Å². The van der Waals surface area contributed by atoms with Crippen LogP contribution in [-0.2, 0) is 4.79 Å². The van der Waals surface area contributed by atoms with Crippen molar-refractivity contribution in [2.75, 3.05) is 6.54 Å². The van der Waals surface area contributed by atoms with E-state index in [2.05, 4.69) is 10.6 Å². The van der Waals surface area contributed by atoms with E-state index in [9.17, 15) is 9.59 Å². The summed E-state index contributed by atoms with van der Waals surface area (Å²) in [5.41, 5.74) is -1.03. The second-order valence-corrected chi connectivity index (χ2v) is 3.58. The van der Waals surface area contributed by atoms with Gasteiger partial charge in [-0.05, 0) is 19.8 Å². The predicted octanol–water partition coefficient (Wildman–Crippen LogP) is 0.703. The molecule has 0 atom stereocenters. The SMILES string of the molecule is CCNC(=O)NC1(C(=O)O)CCCC1. The zero-order valence-corrected chi connectivity index (χ0v) is 8.30. The second kappa shape index (κ2) is 4.30. The van der Waals surface area contributed by atoms with Gasteiger partial charge in [-0.3, -0.25) is 0 Å². The average molecular weight is 200 g/mol. The van der Waals surface area contributed by atoms with Gasteiger partial charge < -0.3 is 15.7 Å². The summed E-state index contributed by atoms with van der Waals surface area (Å²) >= 11 is 0. The summed E-state index contributed by atoms with van der Waals surface area (Å²) in [4.78, 5) is 22.2. The first kappa shape index (κ1) is 10.8. The largest absolute Gasteiger partial charge is 0.480 e. The van der Waals surface area contributed by atoms with Crippen LogP contribution in [0.5, 0.6) is 0 Å². The maximum Gasteiger partial charge on any atom is 0.329 e. The third kappa shape index (κ3) is 2.16. The van der Waals surface area contributed by atoms with Crippen molar-refractivity contribution in [2.24, 2.45) is 0 Å². The van der Waals surface area contributed by atoms with Gasteiger partial charge in [0, 0.05) is 6.54 Å². The lowest BCUT2D eigenvalue weighted by molar-refractivity contribution is -0.144. The Morgan fingerprint density at radius 1 is 1.36 bits per heavy atom. The monoisotopic (exact) mass is 200 g/mol. The summed E-state index contributed by atoms with van der Waals surface area (Å²) in [5.74, 6) is -0.929. The molecule has 3 N–H and O–H groups in total. The molecule has 14 heavy (non-hydrogen) atoms. The first-order valence-corrected chi connectivity index (χ1v) is 4.90. The minimum atomic E-state index is -1.03. The average Bonchev–Trinajstić information content (AvgIpc) is 2.54. The normalized spacial score (nSPS) is 18.9. The molecule has 0 aromatic carbocycles. The zero-order valence-electron chi connectivity index (χ0n) is 8.30. The van der Waals surface area contributed by atoms with E-state index >= 15 is 0 Å². The van der Waals surface area contributed by atoms with Crippen LogP contribution < -0.4 is 10.6 Å². The molecule has 80 valence electrons. The summed E-state index contributed by atoms with van der Waals surface area (Å²) in [5, 5.41) is 14.1. The lowest BCUT2D eigenvalue weighted by atomic mass is 9.98. The van der Waals surface area contributed by atoms with Gasteiger partial charge in [0.2, 0.25) is 0 Å². The molecule has 0 unspecified atom stereocenters. The van der Waals surface area contributed by atoms with E-state index in [1.165, 1.54) is 0 Å². The van der Waals surface area contributed by atoms with Gasteiger partial charge in [0.1, 0.15) is 5.54 Å². The van der Waals surface area contributed by atoms with Crippen molar-refractivity contribution in [3.63, 3.8) is 0 Å². The number of nitrogens with one attached hydrogen (secondary N) is 2. The topological polar surface area (TPSA) is 78.4 Å². The first-order chi connectivity index (χ1) is 6.60. The summed E-state index contributed by atoms with van der Waals surface area (Å²) in [6.07, 6.45) is 2.77. The molecule has 1 aliphatic rings. The molecule has 0 spiro atoms. The number of carboxylic acids is 1. The minimum absolute atomic E-state index is 0.392. The molecular formula is C9H16N2O3. The Kier molecular flexibility index (Phi) is 3.33. The summed E-state index contributed by atoms with van der Waals surface area (Å²) in [6, 6.07) is -0.392. The van der Waals surface area contributed by atoms with Crippen LogP contribution in [-0.4, -0.2) is 29.2 Å². The van der Waals surface area contributed by atoms with Crippen molar-refractivity contribution in [3.05, 3.63) is 0 Å². The number of aliphatic carboxylic acids is 1. The molecule has 0 radical (unpaired) electrons. The van der Waals surface area contributed by atoms with Crippen LogP contribution in [0, 0.1) is 0 Å². The molecule has 0 saturated heterocycles. The van der Waals surface area contributed by atoms with E-state index in [1.807, 2.05) is 0 Å². The fraction of sp³-hybridized carbons (Fsp3) is 0.778. The molecule has 5 heteroatoms. The van der Waals surface area contributed by atoms with Crippen LogP contribution in [0.1, 0.15) is 32.6 Å². The van der Waals surface area contributed by atoms with Gasteiger partial charge in [0.25, 0.3) is 0 Å². The molecule has 1 saturated carbocycles. The lowest BCUT2D eigenvalue weighted by Gasteiger charge is -2.25. The Hall–Kier alpha value is -1.26. The number of rotatable bonds is 3. The minimum Gasteiger partial charge on any atom is -0.480 e. The van der Waals surface area contributed by atoms with Crippen molar-refractivity contribution in [2.45, 2.75) is 38.1 Å². The highest BCUT2D eigenvalue weighted by Gasteiger charge is 2.42. The molecule has 0 aromatic rings. The van der Waals surface area contributed by atoms with Gasteiger partial charge in [-0.15, -0.1) is 0 Å². The molecule has 1 aliphatic carbocycles. The predicted molar refractivity (Wildman–Crippen MR) is 51.0 cm³/mol. The molecule has 2 amide bonds. The van der Waals surface area contributed by atoms with E-state index < -0.39 is 17.5 Å². The highest BCUT2D eigenvalue weighted by Crippen LogP contribution is 2.29. The number of carboxylic acid groups (broad SMARTS) is 1. The van der Waals surface area contributed by atoms with Crippen molar-refractivity contribution >= 4 is 12.0 Å². The molecule has 0 heterocycles. The highest BCUT2D eigenvalue weighted by molar-refractivity contribution is 5.86. The molecule has 0 aromatic heterocycles. The van der Waals surface area contributed by atoms with E-state index in [0.29, 0.717) is 19.4 Å². The third-order valence-corrected chi connectivity index (χ3v) is 2.56. The first-order valence-electron chi connectivity index (χ1n) is 4.90. The highest BCUT2D eigenvalue weighted by atomic mass is 16.4. The third-order valence-electron chi connectivity index (χ3n) is 2.56. The van der Waals surface area contributed by atoms with Crippen molar-refractivity contribution < 1.29 is 14.7 Å². The molecule has 1 fully saturated rings. The van der Waals surface area contributed by atoms with Crippen molar-refractivity contribution in [1.29, 1.82) is 0 Å². The van der Waals surface area contributed by atoms with Crippen LogP contribution in [0.25, 0.3) is 0 Å². The number of carbonyl (C=O) groups excluding carboxylic acids is 1. The van der Waals surface area contributed by atoms with Gasteiger partial charge in [-0.1, -0.05) is 12.8 Å². The molecule has 5 nitrogen and oxygen atoms in total. The zero-order chi connectivity index (χ0) is 10.6. The van der Waals surface area contributed by atoms with Gasteiger partial charge in [0.05, 0.1) is 0 Å². The number of hydrogen-bond acceptors (Lipinski definition) is 2. The molecule has 0 aliphatic heterocycles.